The first kappa shape index (κ1) is 15.1. The number of hydrogen-bond acceptors (Lipinski definition) is 4. The van der Waals surface area contributed by atoms with Gasteiger partial charge in [-0.05, 0) is 56.3 Å². The Morgan fingerprint density at radius 1 is 1.43 bits per heavy atom. The first-order valence-corrected chi connectivity index (χ1v) is 8.38. The van der Waals surface area contributed by atoms with Crippen molar-refractivity contribution in [3.8, 4) is 0 Å². The predicted molar refractivity (Wildman–Crippen MR) is 82.8 cm³/mol. The molecule has 2 atom stereocenters. The quantitative estimate of drug-likeness (QED) is 0.572. The van der Waals surface area contributed by atoms with Gasteiger partial charge in [-0.2, -0.15) is 0 Å². The highest BCUT2D eigenvalue weighted by atomic mass is 19.1. The van der Waals surface area contributed by atoms with Gasteiger partial charge in [0.25, 0.3) is 5.91 Å². The monoisotopic (exact) mass is 319 g/mol. The third-order valence-corrected chi connectivity index (χ3v) is 5.90. The van der Waals surface area contributed by atoms with Crippen molar-refractivity contribution in [3.63, 3.8) is 0 Å². The van der Waals surface area contributed by atoms with Crippen LogP contribution in [-0.2, 0) is 13.0 Å². The fraction of sp³-hybridized carbons (Fsp3) is 0.588. The summed E-state index contributed by atoms with van der Waals surface area (Å²) in [5, 5.41) is 12.4. The van der Waals surface area contributed by atoms with Gasteiger partial charge in [-0.25, -0.2) is 9.87 Å². The van der Waals surface area contributed by atoms with Crippen LogP contribution in [0, 0.1) is 5.82 Å². The largest absolute Gasteiger partial charge is 0.310 e. The summed E-state index contributed by atoms with van der Waals surface area (Å²) in [7, 11) is 0. The van der Waals surface area contributed by atoms with Gasteiger partial charge in [0.2, 0.25) is 0 Å². The molecule has 1 saturated heterocycles. The molecule has 1 aromatic carbocycles. The first-order chi connectivity index (χ1) is 11.1. The van der Waals surface area contributed by atoms with Crippen LogP contribution in [0.25, 0.3) is 0 Å². The summed E-state index contributed by atoms with van der Waals surface area (Å²) in [6.45, 7) is 2.59. The molecule has 1 saturated carbocycles. The Kier molecular flexibility index (Phi) is 3.63. The second kappa shape index (κ2) is 5.54. The molecule has 3 aliphatic rings. The van der Waals surface area contributed by atoms with Gasteiger partial charge in [-0.3, -0.25) is 14.9 Å². The van der Waals surface area contributed by atoms with Crippen molar-refractivity contribution in [1.82, 2.24) is 15.7 Å². The SMILES string of the molecule is O=C(NO)c1cc(F)c2c(c1)CCN([C@H]1CC[C@]13CCCN3)C2. The Morgan fingerprint density at radius 3 is 2.96 bits per heavy atom. The van der Waals surface area contributed by atoms with Gasteiger partial charge in [0.05, 0.1) is 0 Å². The molecule has 0 radical (unpaired) electrons. The third-order valence-electron chi connectivity index (χ3n) is 5.90. The highest BCUT2D eigenvalue weighted by Gasteiger charge is 2.51. The summed E-state index contributed by atoms with van der Waals surface area (Å²) in [6.07, 6.45) is 5.59. The molecule has 2 aliphatic heterocycles. The molecule has 3 N–H and O–H groups in total. The smallest absolute Gasteiger partial charge is 0.274 e. The van der Waals surface area contributed by atoms with Crippen LogP contribution in [0.1, 0.15) is 47.2 Å². The van der Waals surface area contributed by atoms with E-state index in [2.05, 4.69) is 10.2 Å². The van der Waals surface area contributed by atoms with Crippen molar-refractivity contribution >= 4 is 5.91 Å². The van der Waals surface area contributed by atoms with E-state index < -0.39 is 5.91 Å². The van der Waals surface area contributed by atoms with Crippen molar-refractivity contribution < 1.29 is 14.4 Å². The number of carbonyl (C=O) groups is 1. The molecule has 0 bridgehead atoms. The van der Waals surface area contributed by atoms with Gasteiger partial charge in [0, 0.05) is 35.8 Å². The van der Waals surface area contributed by atoms with Crippen LogP contribution in [0.3, 0.4) is 0 Å². The third kappa shape index (κ3) is 2.36. The maximum Gasteiger partial charge on any atom is 0.274 e. The summed E-state index contributed by atoms with van der Waals surface area (Å²) in [5.41, 5.74) is 3.58. The highest BCUT2D eigenvalue weighted by Crippen LogP contribution is 2.43. The zero-order valence-corrected chi connectivity index (χ0v) is 13.1. The van der Waals surface area contributed by atoms with E-state index in [-0.39, 0.29) is 16.9 Å². The lowest BCUT2D eigenvalue weighted by Gasteiger charge is -2.53. The maximum absolute atomic E-state index is 14.5. The number of amides is 1. The Balaban J connectivity index is 1.57. The predicted octanol–water partition coefficient (Wildman–Crippen LogP) is 1.59. The zero-order valence-electron chi connectivity index (χ0n) is 13.1. The molecule has 1 aliphatic carbocycles. The van der Waals surface area contributed by atoms with Crippen molar-refractivity contribution in [1.29, 1.82) is 0 Å². The molecule has 4 rings (SSSR count). The number of hydroxylamine groups is 1. The molecular formula is C17H22FN3O2. The minimum Gasteiger partial charge on any atom is -0.310 e. The molecule has 23 heavy (non-hydrogen) atoms. The van der Waals surface area contributed by atoms with Gasteiger partial charge in [0.15, 0.2) is 0 Å². The number of benzene rings is 1. The fourth-order valence-corrected chi connectivity index (χ4v) is 4.58. The Morgan fingerprint density at radius 2 is 2.30 bits per heavy atom. The summed E-state index contributed by atoms with van der Waals surface area (Å²) >= 11 is 0. The summed E-state index contributed by atoms with van der Waals surface area (Å²) in [5.74, 6) is -1.01. The van der Waals surface area contributed by atoms with E-state index in [1.807, 2.05) is 0 Å². The minimum absolute atomic E-state index is 0.176. The van der Waals surface area contributed by atoms with E-state index in [4.69, 9.17) is 5.21 Å². The van der Waals surface area contributed by atoms with Crippen molar-refractivity contribution in [3.05, 3.63) is 34.6 Å². The van der Waals surface area contributed by atoms with E-state index in [1.54, 1.807) is 11.5 Å². The summed E-state index contributed by atoms with van der Waals surface area (Å²) in [4.78, 5) is 13.9. The van der Waals surface area contributed by atoms with E-state index >= 15 is 0 Å². The Bertz CT molecular complexity index is 643. The van der Waals surface area contributed by atoms with Crippen LogP contribution >= 0.6 is 0 Å². The number of fused-ring (bicyclic) bond motifs is 1. The van der Waals surface area contributed by atoms with Crippen LogP contribution in [-0.4, -0.2) is 40.7 Å². The van der Waals surface area contributed by atoms with Crippen molar-refractivity contribution in [2.24, 2.45) is 0 Å². The topological polar surface area (TPSA) is 64.6 Å². The van der Waals surface area contributed by atoms with Crippen LogP contribution < -0.4 is 10.8 Å². The van der Waals surface area contributed by atoms with Crippen LogP contribution in [0.5, 0.6) is 0 Å². The molecule has 2 fully saturated rings. The average Bonchev–Trinajstić information content (AvgIpc) is 3.05. The number of nitrogens with zero attached hydrogens (tertiary/aromatic N) is 1. The molecule has 0 aromatic heterocycles. The number of hydrogen-bond donors (Lipinski definition) is 3. The highest BCUT2D eigenvalue weighted by molar-refractivity contribution is 5.93. The van der Waals surface area contributed by atoms with E-state index in [1.165, 1.54) is 31.7 Å². The van der Waals surface area contributed by atoms with Gasteiger partial charge < -0.3 is 5.32 Å². The second-order valence-electron chi connectivity index (χ2n) is 7.00. The van der Waals surface area contributed by atoms with Crippen molar-refractivity contribution in [2.45, 2.75) is 50.2 Å². The molecule has 5 nitrogen and oxygen atoms in total. The van der Waals surface area contributed by atoms with Crippen molar-refractivity contribution in [2.75, 3.05) is 13.1 Å². The average molecular weight is 319 g/mol. The summed E-state index contributed by atoms with van der Waals surface area (Å²) < 4.78 is 14.5. The fourth-order valence-electron chi connectivity index (χ4n) is 4.58. The second-order valence-corrected chi connectivity index (χ2v) is 7.00. The van der Waals surface area contributed by atoms with Gasteiger partial charge >= 0.3 is 0 Å². The normalized spacial score (nSPS) is 30.1. The van der Waals surface area contributed by atoms with Crippen LogP contribution in [0.2, 0.25) is 0 Å². The number of rotatable bonds is 2. The number of carbonyl (C=O) groups excluding carboxylic acids is 1. The lowest BCUT2D eigenvalue weighted by molar-refractivity contribution is 0.0142. The lowest BCUT2D eigenvalue weighted by Crippen LogP contribution is -2.65. The van der Waals surface area contributed by atoms with Crippen LogP contribution in [0.15, 0.2) is 12.1 Å². The van der Waals surface area contributed by atoms with E-state index in [0.29, 0.717) is 18.2 Å². The minimum atomic E-state index is -0.665. The molecule has 0 unspecified atom stereocenters. The molecule has 6 heteroatoms. The number of halogens is 1. The molecule has 1 amide bonds. The van der Waals surface area contributed by atoms with Gasteiger partial charge in [-0.1, -0.05) is 0 Å². The molecule has 2 heterocycles. The first-order valence-electron chi connectivity index (χ1n) is 8.38. The van der Waals surface area contributed by atoms with Gasteiger partial charge in [0.1, 0.15) is 5.82 Å². The zero-order chi connectivity index (χ0) is 16.0. The van der Waals surface area contributed by atoms with Crippen LogP contribution in [0.4, 0.5) is 4.39 Å². The lowest BCUT2D eigenvalue weighted by atomic mass is 9.69. The van der Waals surface area contributed by atoms with Gasteiger partial charge in [-0.15, -0.1) is 0 Å². The molecular weight excluding hydrogens is 297 g/mol. The summed E-state index contributed by atoms with van der Waals surface area (Å²) in [6, 6.07) is 3.42. The molecule has 124 valence electrons. The van der Waals surface area contributed by atoms with E-state index in [9.17, 15) is 9.18 Å². The molecule has 1 aromatic rings. The Labute approximate surface area is 134 Å². The van der Waals surface area contributed by atoms with E-state index in [0.717, 1.165) is 25.1 Å². The maximum atomic E-state index is 14.5. The standard InChI is InChI=1S/C17H22FN3O2/c18-14-9-12(16(22)20-23)8-11-3-7-21(10-13(11)14)15-2-5-17(15)4-1-6-19-17/h8-9,15,19,23H,1-7,10H2,(H,20,22)/t15-,17+/m0/s1. The Hall–Kier alpha value is -1.50. The number of nitrogens with one attached hydrogen (secondary N) is 2. The molecule has 1 spiro atoms.